The third kappa shape index (κ3) is 3.07. The maximum absolute atomic E-state index is 4.28. The number of halogens is 2. The first-order valence-corrected chi connectivity index (χ1v) is 5.90. The molecule has 0 aromatic carbocycles. The van der Waals surface area contributed by atoms with Gasteiger partial charge in [0.15, 0.2) is 0 Å². The molecule has 0 amide bonds. The Hall–Kier alpha value is -0.810. The minimum absolute atomic E-state index is 0.686. The maximum atomic E-state index is 4.28. The van der Waals surface area contributed by atoms with Crippen molar-refractivity contribution in [1.82, 2.24) is 15.0 Å². The van der Waals surface area contributed by atoms with E-state index < -0.39 is 0 Å². The predicted molar refractivity (Wildman–Crippen MR) is 64.5 cm³/mol. The predicted octanol–water partition coefficient (Wildman–Crippen LogP) is 2.99. The molecule has 0 saturated carbocycles. The molecule has 0 aliphatic heterocycles. The molecule has 2 aromatic rings. The normalized spacial score (nSPS) is 10.3. The lowest BCUT2D eigenvalue weighted by Gasteiger charge is -2.01. The van der Waals surface area contributed by atoms with Crippen LogP contribution in [-0.4, -0.2) is 15.0 Å². The fraction of sp³-hybridized carbons (Fsp3) is 0.100. The van der Waals surface area contributed by atoms with Gasteiger partial charge in [-0.2, -0.15) is 0 Å². The Kier molecular flexibility index (Phi) is 3.43. The van der Waals surface area contributed by atoms with Gasteiger partial charge in [0, 0.05) is 24.9 Å². The number of nitrogens with zero attached hydrogens (tertiary/aromatic N) is 3. The molecule has 2 rings (SSSR count). The quantitative estimate of drug-likeness (QED) is 0.795. The van der Waals surface area contributed by atoms with Crippen LogP contribution in [0.15, 0.2) is 39.8 Å². The Morgan fingerprint density at radius 2 is 1.87 bits per heavy atom. The number of hydrogen-bond acceptors (Lipinski definition) is 3. The van der Waals surface area contributed by atoms with Crippen molar-refractivity contribution in [3.8, 4) is 0 Å². The first-order chi connectivity index (χ1) is 7.24. The summed E-state index contributed by atoms with van der Waals surface area (Å²) in [5.41, 5.74) is 1.10. The lowest BCUT2D eigenvalue weighted by atomic mass is 10.2. The molecule has 0 spiro atoms. The number of aromatic nitrogens is 3. The summed E-state index contributed by atoms with van der Waals surface area (Å²) in [6.07, 6.45) is 4.26. The van der Waals surface area contributed by atoms with E-state index in [1.54, 1.807) is 6.20 Å². The fourth-order valence-electron chi connectivity index (χ4n) is 1.20. The standard InChI is InChI=1S/C10H7Br2N3/c11-8-5-9(12)15-10(14-8)4-7-2-1-3-13-6-7/h1-3,5-6H,4H2. The monoisotopic (exact) mass is 327 g/mol. The average molecular weight is 329 g/mol. The highest BCUT2D eigenvalue weighted by atomic mass is 79.9. The van der Waals surface area contributed by atoms with E-state index in [4.69, 9.17) is 0 Å². The lowest BCUT2D eigenvalue weighted by Crippen LogP contribution is -1.97. The first-order valence-electron chi connectivity index (χ1n) is 4.32. The third-order valence-electron chi connectivity index (χ3n) is 1.79. The van der Waals surface area contributed by atoms with Gasteiger partial charge in [-0.1, -0.05) is 6.07 Å². The largest absolute Gasteiger partial charge is 0.264 e. The van der Waals surface area contributed by atoms with Crippen molar-refractivity contribution in [3.05, 3.63) is 51.2 Å². The average Bonchev–Trinajstić information content (AvgIpc) is 2.17. The Bertz CT molecular complexity index is 439. The maximum Gasteiger partial charge on any atom is 0.135 e. The van der Waals surface area contributed by atoms with E-state index in [0.29, 0.717) is 6.42 Å². The molecule has 0 aliphatic carbocycles. The van der Waals surface area contributed by atoms with Gasteiger partial charge in [-0.25, -0.2) is 9.97 Å². The summed E-state index contributed by atoms with van der Waals surface area (Å²) in [5.74, 6) is 0.768. The zero-order valence-electron chi connectivity index (χ0n) is 7.69. The summed E-state index contributed by atoms with van der Waals surface area (Å²) in [5, 5.41) is 0. The van der Waals surface area contributed by atoms with Gasteiger partial charge in [0.1, 0.15) is 15.0 Å². The molecule has 2 aromatic heterocycles. The van der Waals surface area contributed by atoms with E-state index >= 15 is 0 Å². The Morgan fingerprint density at radius 1 is 1.13 bits per heavy atom. The van der Waals surface area contributed by atoms with Crippen LogP contribution in [0.3, 0.4) is 0 Å². The van der Waals surface area contributed by atoms with Crippen LogP contribution in [-0.2, 0) is 6.42 Å². The van der Waals surface area contributed by atoms with E-state index in [1.165, 1.54) is 0 Å². The second-order valence-electron chi connectivity index (χ2n) is 2.97. The molecule has 0 aliphatic rings. The molecule has 0 N–H and O–H groups in total. The molecule has 15 heavy (non-hydrogen) atoms. The second kappa shape index (κ2) is 4.81. The van der Waals surface area contributed by atoms with Gasteiger partial charge in [-0.3, -0.25) is 4.98 Å². The van der Waals surface area contributed by atoms with Gasteiger partial charge in [0.2, 0.25) is 0 Å². The number of rotatable bonds is 2. The third-order valence-corrected chi connectivity index (χ3v) is 2.61. The molecule has 0 fully saturated rings. The van der Waals surface area contributed by atoms with E-state index in [9.17, 15) is 0 Å². The van der Waals surface area contributed by atoms with Gasteiger partial charge in [-0.05, 0) is 43.5 Å². The van der Waals surface area contributed by atoms with Crippen molar-refractivity contribution in [3.63, 3.8) is 0 Å². The molecular formula is C10H7Br2N3. The van der Waals surface area contributed by atoms with Gasteiger partial charge in [0.25, 0.3) is 0 Å². The van der Waals surface area contributed by atoms with E-state index in [-0.39, 0.29) is 0 Å². The molecule has 2 heterocycles. The smallest absolute Gasteiger partial charge is 0.135 e. The molecule has 76 valence electrons. The summed E-state index contributed by atoms with van der Waals surface area (Å²) in [6, 6.07) is 5.72. The van der Waals surface area contributed by atoms with Crippen molar-refractivity contribution < 1.29 is 0 Å². The van der Waals surface area contributed by atoms with Crippen LogP contribution in [0.1, 0.15) is 11.4 Å². The molecule has 5 heteroatoms. The van der Waals surface area contributed by atoms with Crippen LogP contribution >= 0.6 is 31.9 Å². The molecule has 0 unspecified atom stereocenters. The molecule has 0 atom stereocenters. The van der Waals surface area contributed by atoms with E-state index in [1.807, 2.05) is 24.4 Å². The lowest BCUT2D eigenvalue weighted by molar-refractivity contribution is 0.936. The summed E-state index contributed by atoms with van der Waals surface area (Å²) in [7, 11) is 0. The van der Waals surface area contributed by atoms with Crippen molar-refractivity contribution >= 4 is 31.9 Å². The van der Waals surface area contributed by atoms with Crippen molar-refractivity contribution in [2.45, 2.75) is 6.42 Å². The summed E-state index contributed by atoms with van der Waals surface area (Å²) in [4.78, 5) is 12.6. The highest BCUT2D eigenvalue weighted by Crippen LogP contribution is 2.14. The van der Waals surface area contributed by atoms with Gasteiger partial charge in [-0.15, -0.1) is 0 Å². The van der Waals surface area contributed by atoms with Gasteiger partial charge < -0.3 is 0 Å². The first kappa shape index (κ1) is 10.7. The fourth-order valence-corrected chi connectivity index (χ4v) is 2.35. The SMILES string of the molecule is Brc1cc(Br)nc(Cc2cccnc2)n1. The number of pyridine rings is 1. The molecule has 0 bridgehead atoms. The van der Waals surface area contributed by atoms with Crippen LogP contribution in [0.4, 0.5) is 0 Å². The Balaban J connectivity index is 2.25. The second-order valence-corrected chi connectivity index (χ2v) is 4.59. The molecular weight excluding hydrogens is 322 g/mol. The highest BCUT2D eigenvalue weighted by molar-refractivity contribution is 9.11. The van der Waals surface area contributed by atoms with Crippen molar-refractivity contribution in [2.75, 3.05) is 0 Å². The van der Waals surface area contributed by atoms with Crippen LogP contribution in [0.2, 0.25) is 0 Å². The highest BCUT2D eigenvalue weighted by Gasteiger charge is 2.02. The van der Waals surface area contributed by atoms with Crippen LogP contribution in [0.5, 0.6) is 0 Å². The zero-order valence-corrected chi connectivity index (χ0v) is 10.9. The van der Waals surface area contributed by atoms with Crippen molar-refractivity contribution in [2.24, 2.45) is 0 Å². The minimum atomic E-state index is 0.686. The molecule has 0 saturated heterocycles. The number of hydrogen-bond donors (Lipinski definition) is 0. The summed E-state index contributed by atoms with van der Waals surface area (Å²) in [6.45, 7) is 0. The summed E-state index contributed by atoms with van der Waals surface area (Å²) < 4.78 is 1.56. The topological polar surface area (TPSA) is 38.7 Å². The molecule has 0 radical (unpaired) electrons. The van der Waals surface area contributed by atoms with Gasteiger partial charge >= 0.3 is 0 Å². The Labute approximate surface area is 104 Å². The molecule has 3 nitrogen and oxygen atoms in total. The van der Waals surface area contributed by atoms with Crippen LogP contribution in [0.25, 0.3) is 0 Å². The minimum Gasteiger partial charge on any atom is -0.264 e. The van der Waals surface area contributed by atoms with Crippen LogP contribution < -0.4 is 0 Å². The van der Waals surface area contributed by atoms with E-state index in [2.05, 4.69) is 46.8 Å². The van der Waals surface area contributed by atoms with E-state index in [0.717, 1.165) is 20.6 Å². The van der Waals surface area contributed by atoms with Crippen LogP contribution in [0, 0.1) is 0 Å². The summed E-state index contributed by atoms with van der Waals surface area (Å²) >= 11 is 6.66. The van der Waals surface area contributed by atoms with Gasteiger partial charge in [0.05, 0.1) is 0 Å². The van der Waals surface area contributed by atoms with Crippen molar-refractivity contribution in [1.29, 1.82) is 0 Å². The zero-order chi connectivity index (χ0) is 10.7. The Morgan fingerprint density at radius 3 is 2.47 bits per heavy atom.